The summed E-state index contributed by atoms with van der Waals surface area (Å²) in [4.78, 5) is 36.9. The lowest BCUT2D eigenvalue weighted by Crippen LogP contribution is -2.17. The highest BCUT2D eigenvalue weighted by Crippen LogP contribution is 2.29. The van der Waals surface area contributed by atoms with Gasteiger partial charge in [-0.2, -0.15) is 0 Å². The topological polar surface area (TPSA) is 106 Å². The number of carbonyl (C=O) groups is 3. The number of nitrogens with one attached hydrogen (secondary N) is 2. The van der Waals surface area contributed by atoms with Crippen LogP contribution in [0, 0.1) is 5.41 Å². The molecule has 3 aromatic carbocycles. The second kappa shape index (κ2) is 10.1. The van der Waals surface area contributed by atoms with E-state index in [4.69, 9.17) is 26.5 Å². The molecule has 8 heteroatoms. The maximum absolute atomic E-state index is 12.9. The summed E-state index contributed by atoms with van der Waals surface area (Å²) >= 11 is 6.25. The molecule has 168 valence electrons. The van der Waals surface area contributed by atoms with Gasteiger partial charge in [0.05, 0.1) is 19.2 Å². The minimum Gasteiger partial charge on any atom is -0.493 e. The van der Waals surface area contributed by atoms with E-state index in [1.54, 1.807) is 36.4 Å². The highest BCUT2D eigenvalue weighted by Gasteiger charge is 2.20. The molecule has 7 nitrogen and oxygen atoms in total. The number of ketones is 2. The molecule has 0 bridgehead atoms. The van der Waals surface area contributed by atoms with Crippen LogP contribution in [0.25, 0.3) is 0 Å². The van der Waals surface area contributed by atoms with Crippen molar-refractivity contribution in [2.45, 2.75) is 6.92 Å². The predicted octanol–water partition coefficient (Wildman–Crippen LogP) is 5.06. The number of halogens is 1. The first-order chi connectivity index (χ1) is 15.7. The van der Waals surface area contributed by atoms with Crippen molar-refractivity contribution in [1.82, 2.24) is 0 Å². The number of rotatable bonds is 8. The number of hydrogen-bond acceptors (Lipinski definition) is 6. The van der Waals surface area contributed by atoms with E-state index in [1.165, 1.54) is 45.4 Å². The molecule has 0 aliphatic heterocycles. The van der Waals surface area contributed by atoms with Crippen LogP contribution >= 0.6 is 11.6 Å². The van der Waals surface area contributed by atoms with Crippen molar-refractivity contribution in [3.63, 3.8) is 0 Å². The lowest BCUT2D eigenvalue weighted by atomic mass is 9.99. The van der Waals surface area contributed by atoms with E-state index >= 15 is 0 Å². The first-order valence-electron chi connectivity index (χ1n) is 9.82. The summed E-state index contributed by atoms with van der Waals surface area (Å²) in [6.07, 6.45) is 0. The van der Waals surface area contributed by atoms with Crippen molar-refractivity contribution in [1.29, 1.82) is 5.41 Å². The molecule has 0 saturated carbocycles. The van der Waals surface area contributed by atoms with Gasteiger partial charge in [0.1, 0.15) is 5.71 Å². The Labute approximate surface area is 195 Å². The predicted molar refractivity (Wildman–Crippen MR) is 127 cm³/mol. The van der Waals surface area contributed by atoms with Crippen LogP contribution in [0.4, 0.5) is 5.69 Å². The number of benzene rings is 3. The molecular formula is C25H21ClN2O5. The Morgan fingerprint density at radius 3 is 2.03 bits per heavy atom. The van der Waals surface area contributed by atoms with E-state index in [1.807, 2.05) is 0 Å². The molecule has 3 aromatic rings. The van der Waals surface area contributed by atoms with Crippen LogP contribution in [0.1, 0.15) is 43.6 Å². The summed E-state index contributed by atoms with van der Waals surface area (Å²) in [7, 11) is 2.94. The van der Waals surface area contributed by atoms with Crippen LogP contribution in [-0.4, -0.2) is 37.4 Å². The molecule has 0 saturated heterocycles. The summed E-state index contributed by atoms with van der Waals surface area (Å²) < 4.78 is 10.4. The molecule has 2 N–H and O–H groups in total. The average Bonchev–Trinajstić information content (AvgIpc) is 2.83. The summed E-state index contributed by atoms with van der Waals surface area (Å²) in [5.74, 6) is -0.252. The molecule has 0 spiro atoms. The normalized spacial score (nSPS) is 10.3. The van der Waals surface area contributed by atoms with Crippen molar-refractivity contribution in [2.24, 2.45) is 0 Å². The Hall–Kier alpha value is -3.97. The Balaban J connectivity index is 1.83. The number of ether oxygens (including phenoxy) is 2. The van der Waals surface area contributed by atoms with Gasteiger partial charge < -0.3 is 14.8 Å². The maximum atomic E-state index is 12.9. The first-order valence-corrected chi connectivity index (χ1v) is 10.2. The van der Waals surface area contributed by atoms with Gasteiger partial charge in [-0.3, -0.25) is 19.8 Å². The van der Waals surface area contributed by atoms with Gasteiger partial charge >= 0.3 is 0 Å². The van der Waals surface area contributed by atoms with E-state index < -0.39 is 11.7 Å². The minimum absolute atomic E-state index is 0.0954. The molecule has 0 aliphatic rings. The van der Waals surface area contributed by atoms with E-state index in [0.29, 0.717) is 28.3 Å². The standard InChI is InChI=1S/C25H21ClN2O5/c1-14(29)15-4-6-16(7-5-15)25(31)28-18-9-10-20(26)19(13-18)23(27)24(30)17-8-11-21(32-2)22(12-17)33-3/h4-13,27H,1-3H3,(H,28,31). The van der Waals surface area contributed by atoms with E-state index in [2.05, 4.69) is 5.32 Å². The zero-order valence-electron chi connectivity index (χ0n) is 18.2. The van der Waals surface area contributed by atoms with Gasteiger partial charge in [0.15, 0.2) is 17.3 Å². The molecule has 0 fully saturated rings. The Morgan fingerprint density at radius 2 is 1.42 bits per heavy atom. The zero-order chi connectivity index (χ0) is 24.1. The third kappa shape index (κ3) is 5.27. The van der Waals surface area contributed by atoms with Crippen molar-refractivity contribution < 1.29 is 23.9 Å². The summed E-state index contributed by atoms with van der Waals surface area (Å²) in [6.45, 7) is 1.45. The van der Waals surface area contributed by atoms with Crippen LogP contribution < -0.4 is 14.8 Å². The molecular weight excluding hydrogens is 444 g/mol. The van der Waals surface area contributed by atoms with Crippen molar-refractivity contribution in [2.75, 3.05) is 19.5 Å². The molecule has 3 rings (SSSR count). The Kier molecular flexibility index (Phi) is 7.25. The number of Topliss-reactive ketones (excluding diaryl/α,β-unsaturated/α-hetero) is 2. The molecule has 1 amide bonds. The van der Waals surface area contributed by atoms with Crippen LogP contribution in [0.2, 0.25) is 5.02 Å². The fourth-order valence-electron chi connectivity index (χ4n) is 3.10. The highest BCUT2D eigenvalue weighted by atomic mass is 35.5. The first kappa shape index (κ1) is 23.7. The third-order valence-electron chi connectivity index (χ3n) is 4.92. The third-order valence-corrected chi connectivity index (χ3v) is 5.25. The fourth-order valence-corrected chi connectivity index (χ4v) is 3.31. The van der Waals surface area contributed by atoms with Crippen molar-refractivity contribution in [3.8, 4) is 11.5 Å². The summed E-state index contributed by atoms with van der Waals surface area (Å²) in [6, 6.07) is 15.4. The van der Waals surface area contributed by atoms with Gasteiger partial charge in [-0.25, -0.2) is 0 Å². The molecule has 33 heavy (non-hydrogen) atoms. The van der Waals surface area contributed by atoms with Crippen molar-refractivity contribution >= 4 is 40.5 Å². The van der Waals surface area contributed by atoms with Gasteiger partial charge in [0, 0.05) is 27.9 Å². The summed E-state index contributed by atoms with van der Waals surface area (Å²) in [5.41, 5.74) is 1.28. The molecule has 0 atom stereocenters. The lowest BCUT2D eigenvalue weighted by molar-refractivity contribution is 0.100. The van der Waals surface area contributed by atoms with Gasteiger partial charge in [0.25, 0.3) is 5.91 Å². The van der Waals surface area contributed by atoms with Gasteiger partial charge in [-0.05, 0) is 55.5 Å². The van der Waals surface area contributed by atoms with Crippen LogP contribution in [0.15, 0.2) is 60.7 Å². The van der Waals surface area contributed by atoms with E-state index in [0.717, 1.165) is 0 Å². The second-order valence-electron chi connectivity index (χ2n) is 7.06. The largest absolute Gasteiger partial charge is 0.493 e. The number of carbonyl (C=O) groups excluding carboxylic acids is 3. The number of anilines is 1. The van der Waals surface area contributed by atoms with Crippen molar-refractivity contribution in [3.05, 3.63) is 87.9 Å². The second-order valence-corrected chi connectivity index (χ2v) is 7.46. The SMILES string of the molecule is COc1ccc(C(=O)C(=N)c2cc(NC(=O)c3ccc(C(C)=O)cc3)ccc2Cl)cc1OC. The minimum atomic E-state index is -0.568. The Morgan fingerprint density at radius 1 is 0.818 bits per heavy atom. The van der Waals surface area contributed by atoms with E-state index in [9.17, 15) is 14.4 Å². The average molecular weight is 465 g/mol. The number of amides is 1. The van der Waals surface area contributed by atoms with E-state index in [-0.39, 0.29) is 27.6 Å². The molecule has 0 unspecified atom stereocenters. The fraction of sp³-hybridized carbons (Fsp3) is 0.120. The van der Waals surface area contributed by atoms with Crippen LogP contribution in [-0.2, 0) is 0 Å². The number of hydrogen-bond donors (Lipinski definition) is 2. The molecule has 0 aromatic heterocycles. The lowest BCUT2D eigenvalue weighted by Gasteiger charge is -2.12. The van der Waals surface area contributed by atoms with Gasteiger partial charge in [-0.1, -0.05) is 23.7 Å². The molecule has 0 radical (unpaired) electrons. The maximum Gasteiger partial charge on any atom is 0.255 e. The summed E-state index contributed by atoms with van der Waals surface area (Å²) in [5, 5.41) is 11.3. The van der Waals surface area contributed by atoms with Gasteiger partial charge in [0.2, 0.25) is 5.78 Å². The smallest absolute Gasteiger partial charge is 0.255 e. The molecule has 0 aliphatic carbocycles. The van der Waals surface area contributed by atoms with Crippen LogP contribution in [0.5, 0.6) is 11.5 Å². The molecule has 0 heterocycles. The Bertz CT molecular complexity index is 1250. The highest BCUT2D eigenvalue weighted by molar-refractivity contribution is 6.53. The monoisotopic (exact) mass is 464 g/mol. The van der Waals surface area contributed by atoms with Crippen LogP contribution in [0.3, 0.4) is 0 Å². The van der Waals surface area contributed by atoms with Gasteiger partial charge in [-0.15, -0.1) is 0 Å². The number of methoxy groups -OCH3 is 2. The quantitative estimate of drug-likeness (QED) is 0.358. The zero-order valence-corrected chi connectivity index (χ0v) is 18.9.